The van der Waals surface area contributed by atoms with Crippen LogP contribution in [0.5, 0.6) is 0 Å². The standard InChI is InChI=1S/C7H8N2O3/c10-9(11)12-6-8-7-4-2-1-3-5-7/h1-5,8H,6H2. The zero-order valence-electron chi connectivity index (χ0n) is 6.27. The van der Waals surface area contributed by atoms with E-state index in [1.807, 2.05) is 18.2 Å². The van der Waals surface area contributed by atoms with E-state index in [9.17, 15) is 10.1 Å². The summed E-state index contributed by atoms with van der Waals surface area (Å²) in [5.74, 6) is 0. The molecule has 0 heterocycles. The van der Waals surface area contributed by atoms with Crippen LogP contribution in [-0.4, -0.2) is 11.8 Å². The average Bonchev–Trinajstić information content (AvgIpc) is 2.05. The third kappa shape index (κ3) is 2.87. The number of anilines is 1. The summed E-state index contributed by atoms with van der Waals surface area (Å²) < 4.78 is 0. The van der Waals surface area contributed by atoms with Crippen molar-refractivity contribution in [3.8, 4) is 0 Å². The van der Waals surface area contributed by atoms with Crippen LogP contribution in [0, 0.1) is 10.1 Å². The molecule has 1 N–H and O–H groups in total. The van der Waals surface area contributed by atoms with Crippen LogP contribution >= 0.6 is 0 Å². The van der Waals surface area contributed by atoms with Gasteiger partial charge in [-0.2, -0.15) is 0 Å². The Morgan fingerprint density at radius 1 is 1.42 bits per heavy atom. The van der Waals surface area contributed by atoms with Gasteiger partial charge in [0.15, 0.2) is 6.73 Å². The molecule has 0 saturated heterocycles. The van der Waals surface area contributed by atoms with Crippen molar-refractivity contribution in [2.24, 2.45) is 0 Å². The number of rotatable bonds is 4. The Morgan fingerprint density at radius 3 is 2.67 bits per heavy atom. The summed E-state index contributed by atoms with van der Waals surface area (Å²) in [5.41, 5.74) is 0.791. The van der Waals surface area contributed by atoms with E-state index >= 15 is 0 Å². The summed E-state index contributed by atoms with van der Waals surface area (Å²) in [5, 5.41) is 11.6. The van der Waals surface area contributed by atoms with Gasteiger partial charge in [0, 0.05) is 5.69 Å². The monoisotopic (exact) mass is 168 g/mol. The molecule has 0 unspecified atom stereocenters. The van der Waals surface area contributed by atoms with Crippen molar-refractivity contribution >= 4 is 5.69 Å². The van der Waals surface area contributed by atoms with Crippen molar-refractivity contribution in [1.29, 1.82) is 0 Å². The van der Waals surface area contributed by atoms with Crippen LogP contribution in [0.25, 0.3) is 0 Å². The maximum absolute atomic E-state index is 9.73. The van der Waals surface area contributed by atoms with Gasteiger partial charge in [-0.3, -0.25) is 4.84 Å². The summed E-state index contributed by atoms with van der Waals surface area (Å²) in [7, 11) is 0. The molecule has 0 fully saturated rings. The molecule has 5 heteroatoms. The highest BCUT2D eigenvalue weighted by atomic mass is 17.0. The summed E-state index contributed by atoms with van der Waals surface area (Å²) in [6.07, 6.45) is 0. The Kier molecular flexibility index (Phi) is 2.89. The first-order chi connectivity index (χ1) is 5.79. The minimum atomic E-state index is -0.837. The van der Waals surface area contributed by atoms with E-state index in [0.29, 0.717) is 0 Å². The molecule has 5 nitrogen and oxygen atoms in total. The smallest absolute Gasteiger partial charge is 0.296 e. The van der Waals surface area contributed by atoms with Crippen LogP contribution in [0.4, 0.5) is 5.69 Å². The Labute approximate surface area is 69.1 Å². The van der Waals surface area contributed by atoms with Crippen molar-refractivity contribution in [2.75, 3.05) is 12.0 Å². The molecule has 0 spiro atoms. The van der Waals surface area contributed by atoms with E-state index in [1.165, 1.54) is 0 Å². The fourth-order valence-corrected chi connectivity index (χ4v) is 0.724. The third-order valence-corrected chi connectivity index (χ3v) is 1.22. The molecule has 1 aromatic carbocycles. The summed E-state index contributed by atoms with van der Waals surface area (Å²) in [6.45, 7) is -0.128. The Balaban J connectivity index is 2.29. The van der Waals surface area contributed by atoms with Crippen molar-refractivity contribution in [3.63, 3.8) is 0 Å². The maximum Gasteiger partial charge on any atom is 0.296 e. The molecule has 12 heavy (non-hydrogen) atoms. The SMILES string of the molecule is O=[N+]([O-])OCNc1ccccc1. The van der Waals surface area contributed by atoms with E-state index < -0.39 is 5.09 Å². The second-order valence-corrected chi connectivity index (χ2v) is 2.04. The minimum Gasteiger partial charge on any atom is -0.363 e. The van der Waals surface area contributed by atoms with E-state index in [1.54, 1.807) is 12.1 Å². The normalized spacial score (nSPS) is 9.00. The first-order valence-electron chi connectivity index (χ1n) is 3.35. The van der Waals surface area contributed by atoms with Gasteiger partial charge >= 0.3 is 0 Å². The predicted molar refractivity (Wildman–Crippen MR) is 43.0 cm³/mol. The van der Waals surface area contributed by atoms with E-state index in [2.05, 4.69) is 10.2 Å². The van der Waals surface area contributed by atoms with Crippen LogP contribution in [0.2, 0.25) is 0 Å². The van der Waals surface area contributed by atoms with Crippen molar-refractivity contribution in [2.45, 2.75) is 0 Å². The molecule has 0 saturated carbocycles. The number of nitrogens with one attached hydrogen (secondary N) is 1. The molecule has 0 aliphatic carbocycles. The second-order valence-electron chi connectivity index (χ2n) is 2.04. The van der Waals surface area contributed by atoms with E-state index in [4.69, 9.17) is 0 Å². The number of nitrogens with zero attached hydrogens (tertiary/aromatic N) is 1. The first-order valence-corrected chi connectivity index (χ1v) is 3.35. The first kappa shape index (κ1) is 8.32. The zero-order valence-corrected chi connectivity index (χ0v) is 6.27. The maximum atomic E-state index is 9.73. The van der Waals surface area contributed by atoms with Crippen LogP contribution < -0.4 is 5.32 Å². The highest BCUT2D eigenvalue weighted by molar-refractivity contribution is 5.41. The second kappa shape index (κ2) is 4.17. The molecule has 0 amide bonds. The van der Waals surface area contributed by atoms with Gasteiger partial charge in [0.1, 0.15) is 0 Å². The Hall–Kier alpha value is -1.78. The molecule has 0 radical (unpaired) electrons. The quantitative estimate of drug-likeness (QED) is 0.417. The third-order valence-electron chi connectivity index (χ3n) is 1.22. The van der Waals surface area contributed by atoms with Crippen LogP contribution in [0.15, 0.2) is 30.3 Å². The highest BCUT2D eigenvalue weighted by Gasteiger charge is 1.92. The van der Waals surface area contributed by atoms with Crippen molar-refractivity contribution < 1.29 is 9.92 Å². The van der Waals surface area contributed by atoms with E-state index in [0.717, 1.165) is 5.69 Å². The van der Waals surface area contributed by atoms with Gasteiger partial charge in [0.25, 0.3) is 5.09 Å². The molecular formula is C7H8N2O3. The fraction of sp³-hybridized carbons (Fsp3) is 0.143. The highest BCUT2D eigenvalue weighted by Crippen LogP contribution is 2.03. The summed E-state index contributed by atoms with van der Waals surface area (Å²) in [4.78, 5) is 13.8. The lowest BCUT2D eigenvalue weighted by atomic mass is 10.3. The molecule has 0 aromatic heterocycles. The zero-order chi connectivity index (χ0) is 8.81. The molecule has 0 atom stereocenters. The van der Waals surface area contributed by atoms with Crippen molar-refractivity contribution in [1.82, 2.24) is 0 Å². The van der Waals surface area contributed by atoms with Gasteiger partial charge in [0.2, 0.25) is 0 Å². The molecule has 1 aromatic rings. The van der Waals surface area contributed by atoms with Gasteiger partial charge in [-0.15, -0.1) is 10.1 Å². The molecule has 1 rings (SSSR count). The van der Waals surface area contributed by atoms with Crippen LogP contribution in [-0.2, 0) is 4.84 Å². The lowest BCUT2D eigenvalue weighted by Crippen LogP contribution is -2.10. The van der Waals surface area contributed by atoms with Crippen LogP contribution in [0.3, 0.4) is 0 Å². The van der Waals surface area contributed by atoms with Crippen LogP contribution in [0.1, 0.15) is 0 Å². The lowest BCUT2D eigenvalue weighted by Gasteiger charge is -2.02. The molecule has 0 aliphatic heterocycles. The molecule has 0 aliphatic rings. The van der Waals surface area contributed by atoms with Gasteiger partial charge in [-0.1, -0.05) is 18.2 Å². The topological polar surface area (TPSA) is 64.4 Å². The van der Waals surface area contributed by atoms with Gasteiger partial charge < -0.3 is 5.32 Å². The molecule has 64 valence electrons. The summed E-state index contributed by atoms with van der Waals surface area (Å²) >= 11 is 0. The minimum absolute atomic E-state index is 0.128. The number of benzene rings is 1. The van der Waals surface area contributed by atoms with E-state index in [-0.39, 0.29) is 6.73 Å². The largest absolute Gasteiger partial charge is 0.363 e. The van der Waals surface area contributed by atoms with Gasteiger partial charge in [-0.05, 0) is 12.1 Å². The predicted octanol–water partition coefficient (Wildman–Crippen LogP) is 1.26. The van der Waals surface area contributed by atoms with Gasteiger partial charge in [0.05, 0.1) is 0 Å². The molecule has 0 bridgehead atoms. The Bertz CT molecular complexity index is 250. The lowest BCUT2D eigenvalue weighted by molar-refractivity contribution is -0.756. The number of hydrogen-bond donors (Lipinski definition) is 1. The van der Waals surface area contributed by atoms with Gasteiger partial charge in [-0.25, -0.2) is 0 Å². The Morgan fingerprint density at radius 2 is 2.08 bits per heavy atom. The fourth-order valence-electron chi connectivity index (χ4n) is 0.724. The molecular weight excluding hydrogens is 160 g/mol. The summed E-state index contributed by atoms with van der Waals surface area (Å²) in [6, 6.07) is 9.11. The average molecular weight is 168 g/mol. The number of hydrogen-bond acceptors (Lipinski definition) is 4. The van der Waals surface area contributed by atoms with Crippen molar-refractivity contribution in [3.05, 3.63) is 40.4 Å². The number of para-hydroxylation sites is 1.